The minimum atomic E-state index is -0.200. The molecule has 8 heteroatoms. The quantitative estimate of drug-likeness (QED) is 0.165. The average Bonchev–Trinajstić information content (AvgIpc) is 2.73. The van der Waals surface area contributed by atoms with Gasteiger partial charge in [0.15, 0.2) is 5.96 Å². The lowest BCUT2D eigenvalue weighted by atomic mass is 10.1. The minimum Gasteiger partial charge on any atom is -0.508 e. The molecule has 0 unspecified atom stereocenters. The van der Waals surface area contributed by atoms with Crippen LogP contribution in [0.15, 0.2) is 53.5 Å². The van der Waals surface area contributed by atoms with Crippen LogP contribution >= 0.6 is 24.0 Å². The van der Waals surface area contributed by atoms with E-state index >= 15 is 0 Å². The van der Waals surface area contributed by atoms with Gasteiger partial charge in [-0.25, -0.2) is 0 Å². The Morgan fingerprint density at radius 2 is 1.83 bits per heavy atom. The van der Waals surface area contributed by atoms with Crippen LogP contribution in [0.1, 0.15) is 29.3 Å². The van der Waals surface area contributed by atoms with Crippen LogP contribution < -0.4 is 20.7 Å². The number of phenolic OH excluding ortho intramolecular Hbond substituents is 1. The molecule has 0 aromatic heterocycles. The Bertz CT molecular complexity index is 797. The maximum Gasteiger partial charge on any atom is 0.251 e. The minimum absolute atomic E-state index is 0. The molecule has 7 nitrogen and oxygen atoms in total. The first-order chi connectivity index (χ1) is 14.1. The second kappa shape index (κ2) is 14.5. The highest BCUT2D eigenvalue weighted by atomic mass is 127. The molecule has 0 heterocycles. The number of nitrogens with one attached hydrogen (secondary N) is 3. The Morgan fingerprint density at radius 3 is 2.50 bits per heavy atom. The molecule has 0 fully saturated rings. The van der Waals surface area contributed by atoms with Gasteiger partial charge in [0.2, 0.25) is 0 Å². The largest absolute Gasteiger partial charge is 0.508 e. The number of amides is 1. The van der Waals surface area contributed by atoms with Crippen LogP contribution in [-0.4, -0.2) is 50.3 Å². The summed E-state index contributed by atoms with van der Waals surface area (Å²) in [6.07, 6.45) is 1.61. The van der Waals surface area contributed by atoms with Crippen LogP contribution in [-0.2, 0) is 6.42 Å². The number of ether oxygens (including phenoxy) is 1. The van der Waals surface area contributed by atoms with Gasteiger partial charge in [-0.1, -0.05) is 18.2 Å². The van der Waals surface area contributed by atoms with Gasteiger partial charge in [-0.3, -0.25) is 9.79 Å². The zero-order chi connectivity index (χ0) is 20.9. The van der Waals surface area contributed by atoms with Gasteiger partial charge in [-0.2, -0.15) is 0 Å². The van der Waals surface area contributed by atoms with Crippen molar-refractivity contribution in [1.29, 1.82) is 0 Å². The summed E-state index contributed by atoms with van der Waals surface area (Å²) in [5.74, 6) is 1.50. The number of hydrogen-bond donors (Lipinski definition) is 4. The molecule has 0 aliphatic carbocycles. The van der Waals surface area contributed by atoms with E-state index < -0.39 is 0 Å². The van der Waals surface area contributed by atoms with E-state index in [-0.39, 0.29) is 35.6 Å². The normalized spacial score (nSPS) is 10.7. The van der Waals surface area contributed by atoms with E-state index in [4.69, 9.17) is 4.74 Å². The summed E-state index contributed by atoms with van der Waals surface area (Å²) in [7, 11) is 1.66. The lowest BCUT2D eigenvalue weighted by molar-refractivity contribution is 0.0953. The average molecular weight is 526 g/mol. The Labute approximate surface area is 195 Å². The molecule has 2 aromatic carbocycles. The number of guanidine groups is 1. The smallest absolute Gasteiger partial charge is 0.251 e. The predicted octanol–water partition coefficient (Wildman–Crippen LogP) is 2.94. The van der Waals surface area contributed by atoms with Crippen LogP contribution in [0.2, 0.25) is 0 Å². The van der Waals surface area contributed by atoms with E-state index in [9.17, 15) is 9.90 Å². The number of carbonyl (C=O) groups is 1. The summed E-state index contributed by atoms with van der Waals surface area (Å²) < 4.78 is 5.17. The number of rotatable bonds is 10. The Balaban J connectivity index is 0.00000450. The van der Waals surface area contributed by atoms with Crippen molar-refractivity contribution in [3.8, 4) is 11.5 Å². The number of benzene rings is 2. The summed E-state index contributed by atoms with van der Waals surface area (Å²) in [5, 5.41) is 18.8. The second-order valence-corrected chi connectivity index (χ2v) is 6.45. The van der Waals surface area contributed by atoms with Gasteiger partial charge in [0.1, 0.15) is 11.5 Å². The van der Waals surface area contributed by atoms with Crippen molar-refractivity contribution < 1.29 is 14.6 Å². The first kappa shape index (κ1) is 25.5. The van der Waals surface area contributed by atoms with Crippen molar-refractivity contribution in [3.05, 3.63) is 59.7 Å². The van der Waals surface area contributed by atoms with Gasteiger partial charge in [0.25, 0.3) is 5.91 Å². The summed E-state index contributed by atoms with van der Waals surface area (Å²) in [6.45, 7) is 4.69. The molecule has 0 atom stereocenters. The van der Waals surface area contributed by atoms with E-state index in [2.05, 4.69) is 33.1 Å². The van der Waals surface area contributed by atoms with Gasteiger partial charge in [-0.05, 0) is 55.7 Å². The zero-order valence-electron chi connectivity index (χ0n) is 17.5. The first-order valence-corrected chi connectivity index (χ1v) is 9.84. The molecule has 0 saturated carbocycles. The molecule has 164 valence electrons. The highest BCUT2D eigenvalue weighted by Crippen LogP contribution is 2.11. The number of aliphatic imine (C=N–C) groups is 1. The van der Waals surface area contributed by atoms with Crippen LogP contribution in [0, 0.1) is 0 Å². The Morgan fingerprint density at radius 1 is 1.07 bits per heavy atom. The maximum atomic E-state index is 12.0. The molecular formula is C22H31IN4O3. The predicted molar refractivity (Wildman–Crippen MR) is 131 cm³/mol. The fourth-order valence-electron chi connectivity index (χ4n) is 2.68. The number of aromatic hydroxyl groups is 1. The number of methoxy groups -OCH3 is 1. The molecule has 1 amide bonds. The standard InChI is InChI=1S/C22H30N4O3.HI/c1-3-23-22(26-15-12-17-8-10-20(29-2)11-9-17)25-14-5-13-24-21(28)18-6-4-7-19(27)16-18;/h4,6-11,16,27H,3,5,12-15H2,1-2H3,(H,24,28)(H2,23,25,26);1H. The van der Waals surface area contributed by atoms with E-state index in [1.54, 1.807) is 19.2 Å². The summed E-state index contributed by atoms with van der Waals surface area (Å²) >= 11 is 0. The third kappa shape index (κ3) is 9.34. The van der Waals surface area contributed by atoms with Gasteiger partial charge in [-0.15, -0.1) is 24.0 Å². The van der Waals surface area contributed by atoms with Gasteiger partial charge in [0, 0.05) is 31.7 Å². The first-order valence-electron chi connectivity index (χ1n) is 9.84. The topological polar surface area (TPSA) is 95.0 Å². The molecule has 0 bridgehead atoms. The second-order valence-electron chi connectivity index (χ2n) is 6.45. The van der Waals surface area contributed by atoms with E-state index in [1.807, 2.05) is 19.1 Å². The van der Waals surface area contributed by atoms with Crippen molar-refractivity contribution in [2.24, 2.45) is 4.99 Å². The van der Waals surface area contributed by atoms with Crippen LogP contribution in [0.5, 0.6) is 11.5 Å². The molecule has 30 heavy (non-hydrogen) atoms. The maximum absolute atomic E-state index is 12.0. The summed E-state index contributed by atoms with van der Waals surface area (Å²) in [4.78, 5) is 16.6. The molecule has 2 rings (SSSR count). The van der Waals surface area contributed by atoms with Crippen LogP contribution in [0.3, 0.4) is 0 Å². The molecule has 2 aromatic rings. The molecule has 0 aliphatic heterocycles. The van der Waals surface area contributed by atoms with Gasteiger partial charge in [0.05, 0.1) is 7.11 Å². The number of phenols is 1. The third-order valence-electron chi connectivity index (χ3n) is 4.21. The van der Waals surface area contributed by atoms with Crippen molar-refractivity contribution in [2.45, 2.75) is 19.8 Å². The lowest BCUT2D eigenvalue weighted by Crippen LogP contribution is -2.38. The van der Waals surface area contributed by atoms with Gasteiger partial charge >= 0.3 is 0 Å². The fourth-order valence-corrected chi connectivity index (χ4v) is 2.68. The Hall–Kier alpha value is -2.49. The number of halogens is 1. The number of hydrogen-bond acceptors (Lipinski definition) is 4. The molecule has 0 radical (unpaired) electrons. The molecule has 4 N–H and O–H groups in total. The van der Waals surface area contributed by atoms with E-state index in [0.717, 1.165) is 37.6 Å². The monoisotopic (exact) mass is 526 g/mol. The highest BCUT2D eigenvalue weighted by Gasteiger charge is 2.05. The Kier molecular flexibility index (Phi) is 12.3. The molecule has 0 aliphatic rings. The van der Waals surface area contributed by atoms with Crippen LogP contribution in [0.4, 0.5) is 0 Å². The SMILES string of the molecule is CCNC(=NCCCNC(=O)c1cccc(O)c1)NCCc1ccc(OC)cc1.I. The molecule has 0 spiro atoms. The lowest BCUT2D eigenvalue weighted by Gasteiger charge is -2.11. The van der Waals surface area contributed by atoms with Crippen molar-refractivity contribution in [3.63, 3.8) is 0 Å². The van der Waals surface area contributed by atoms with Crippen molar-refractivity contribution in [1.82, 2.24) is 16.0 Å². The third-order valence-corrected chi connectivity index (χ3v) is 4.21. The van der Waals surface area contributed by atoms with E-state index in [0.29, 0.717) is 18.7 Å². The van der Waals surface area contributed by atoms with Crippen molar-refractivity contribution >= 4 is 35.8 Å². The molecule has 0 saturated heterocycles. The summed E-state index contributed by atoms with van der Waals surface area (Å²) in [5.41, 5.74) is 1.67. The number of carbonyl (C=O) groups excluding carboxylic acids is 1. The highest BCUT2D eigenvalue weighted by molar-refractivity contribution is 14.0. The summed E-state index contributed by atoms with van der Waals surface area (Å²) in [6, 6.07) is 14.3. The fraction of sp³-hybridized carbons (Fsp3) is 0.364. The molecular weight excluding hydrogens is 495 g/mol. The number of nitrogens with zero attached hydrogens (tertiary/aromatic N) is 1. The van der Waals surface area contributed by atoms with Crippen LogP contribution in [0.25, 0.3) is 0 Å². The van der Waals surface area contributed by atoms with Crippen molar-refractivity contribution in [2.75, 3.05) is 33.3 Å². The van der Waals surface area contributed by atoms with E-state index in [1.165, 1.54) is 17.7 Å². The zero-order valence-corrected chi connectivity index (χ0v) is 19.8. The van der Waals surface area contributed by atoms with Gasteiger partial charge < -0.3 is 25.8 Å².